The zero-order chi connectivity index (χ0) is 20.6. The number of aliphatic imine (C=N–C) groups is 1. The smallest absolute Gasteiger partial charge is 0.407 e. The summed E-state index contributed by atoms with van der Waals surface area (Å²) in [4.78, 5) is 16.6. The maximum absolute atomic E-state index is 11.6. The second-order valence-corrected chi connectivity index (χ2v) is 8.48. The van der Waals surface area contributed by atoms with Crippen LogP contribution in [0.1, 0.15) is 38.2 Å². The van der Waals surface area contributed by atoms with E-state index in [4.69, 9.17) is 4.74 Å². The summed E-state index contributed by atoms with van der Waals surface area (Å²) < 4.78 is 6.35. The van der Waals surface area contributed by atoms with Gasteiger partial charge in [-0.3, -0.25) is 4.99 Å². The molecule has 0 aliphatic carbocycles. The van der Waals surface area contributed by atoms with E-state index in [1.165, 1.54) is 0 Å². The largest absolute Gasteiger partial charge is 0.444 e. The number of ether oxygens (including phenoxy) is 1. The first kappa shape index (κ1) is 25.4. The summed E-state index contributed by atoms with van der Waals surface area (Å²) >= 11 is 1.59. The molecule has 2 aromatic rings. The number of benzene rings is 1. The number of nitrogens with zero attached hydrogens (tertiary/aromatic N) is 1. The number of guanidine groups is 1. The number of hydrogen-bond donors (Lipinski definition) is 4. The third-order valence-corrected chi connectivity index (χ3v) is 4.99. The van der Waals surface area contributed by atoms with Crippen molar-refractivity contribution in [1.82, 2.24) is 16.0 Å². The fourth-order valence-corrected chi connectivity index (χ4v) is 3.53. The van der Waals surface area contributed by atoms with Crippen LogP contribution < -0.4 is 16.0 Å². The van der Waals surface area contributed by atoms with Gasteiger partial charge in [0.2, 0.25) is 0 Å². The lowest BCUT2D eigenvalue weighted by atomic mass is 10.2. The van der Waals surface area contributed by atoms with Gasteiger partial charge in [-0.05, 0) is 44.7 Å². The number of halogens is 1. The predicted octanol–water partition coefficient (Wildman–Crippen LogP) is 3.63. The molecule has 1 aromatic heterocycles. The van der Waals surface area contributed by atoms with Gasteiger partial charge in [0, 0.05) is 36.3 Å². The first-order valence-electron chi connectivity index (χ1n) is 9.36. The molecular weight excluding hydrogens is 503 g/mol. The lowest BCUT2D eigenvalue weighted by Crippen LogP contribution is -2.40. The zero-order valence-electron chi connectivity index (χ0n) is 17.3. The summed E-state index contributed by atoms with van der Waals surface area (Å²) in [7, 11) is 1.68. The van der Waals surface area contributed by atoms with Gasteiger partial charge in [0.1, 0.15) is 11.7 Å². The molecule has 4 N–H and O–H groups in total. The lowest BCUT2D eigenvalue weighted by Gasteiger charge is -2.19. The molecule has 1 aromatic carbocycles. The van der Waals surface area contributed by atoms with Crippen LogP contribution in [0.25, 0.3) is 10.1 Å². The van der Waals surface area contributed by atoms with E-state index in [1.807, 2.05) is 45.0 Å². The number of amides is 1. The normalized spacial score (nSPS) is 12.8. The Morgan fingerprint density at radius 1 is 1.21 bits per heavy atom. The summed E-state index contributed by atoms with van der Waals surface area (Å²) in [6, 6.07) is 10.1. The molecule has 0 saturated carbocycles. The van der Waals surface area contributed by atoms with Gasteiger partial charge in [-0.15, -0.1) is 35.3 Å². The van der Waals surface area contributed by atoms with Crippen molar-refractivity contribution in [3.8, 4) is 0 Å². The Balaban J connectivity index is 0.00000420. The van der Waals surface area contributed by atoms with E-state index < -0.39 is 17.8 Å². The monoisotopic (exact) mass is 534 g/mol. The van der Waals surface area contributed by atoms with Crippen molar-refractivity contribution in [3.63, 3.8) is 0 Å². The molecular formula is C20H31IN4O3S. The Kier molecular flexibility index (Phi) is 10.7. The second-order valence-electron chi connectivity index (χ2n) is 7.36. The Morgan fingerprint density at radius 3 is 2.55 bits per heavy atom. The van der Waals surface area contributed by atoms with Gasteiger partial charge in [0.05, 0.1) is 0 Å². The molecule has 2 rings (SSSR count). The van der Waals surface area contributed by atoms with Crippen LogP contribution in [0.15, 0.2) is 35.3 Å². The van der Waals surface area contributed by atoms with E-state index in [1.54, 1.807) is 18.4 Å². The Bertz CT molecular complexity index is 771. The minimum Gasteiger partial charge on any atom is -0.444 e. The van der Waals surface area contributed by atoms with E-state index >= 15 is 0 Å². The minimum absolute atomic E-state index is 0. The van der Waals surface area contributed by atoms with Gasteiger partial charge in [0.25, 0.3) is 0 Å². The second kappa shape index (κ2) is 12.2. The standard InChI is InChI=1S/C20H30N4O3S.HI/c1-20(2,3)27-19(26)23-11-7-10-22-18(21-4)24-13-15(25)17-12-14-8-5-6-9-16(14)28-17;/h5-6,8-9,12,15,25H,7,10-11,13H2,1-4H3,(H,23,26)(H2,21,22,24);1H. The van der Waals surface area contributed by atoms with Gasteiger partial charge in [-0.25, -0.2) is 4.79 Å². The summed E-state index contributed by atoms with van der Waals surface area (Å²) in [5.74, 6) is 0.609. The van der Waals surface area contributed by atoms with Crippen molar-refractivity contribution >= 4 is 57.5 Å². The molecule has 1 unspecified atom stereocenters. The topological polar surface area (TPSA) is 95.0 Å². The highest BCUT2D eigenvalue weighted by Crippen LogP contribution is 2.29. The Labute approximate surface area is 193 Å². The highest BCUT2D eigenvalue weighted by atomic mass is 127. The Hall–Kier alpha value is -1.59. The molecule has 0 aliphatic heterocycles. The molecule has 1 atom stereocenters. The quantitative estimate of drug-likeness (QED) is 0.188. The van der Waals surface area contributed by atoms with Crippen molar-refractivity contribution in [2.24, 2.45) is 4.99 Å². The van der Waals surface area contributed by atoms with E-state index in [0.29, 0.717) is 25.6 Å². The molecule has 162 valence electrons. The number of fused-ring (bicyclic) bond motifs is 1. The van der Waals surface area contributed by atoms with Crippen LogP contribution >= 0.6 is 35.3 Å². The zero-order valence-corrected chi connectivity index (χ0v) is 20.5. The molecule has 1 heterocycles. The van der Waals surface area contributed by atoms with Crippen molar-refractivity contribution in [2.75, 3.05) is 26.7 Å². The molecule has 0 aliphatic rings. The highest BCUT2D eigenvalue weighted by Gasteiger charge is 2.15. The number of carbonyl (C=O) groups excluding carboxylic acids is 1. The molecule has 0 spiro atoms. The number of thiophene rings is 1. The van der Waals surface area contributed by atoms with Crippen molar-refractivity contribution < 1.29 is 14.6 Å². The van der Waals surface area contributed by atoms with Gasteiger partial charge in [-0.1, -0.05) is 18.2 Å². The van der Waals surface area contributed by atoms with E-state index in [2.05, 4.69) is 27.0 Å². The maximum Gasteiger partial charge on any atom is 0.407 e. The average Bonchev–Trinajstić information content (AvgIpc) is 3.06. The first-order chi connectivity index (χ1) is 13.3. The number of aliphatic hydroxyl groups excluding tert-OH is 1. The number of hydrogen-bond acceptors (Lipinski definition) is 5. The number of aliphatic hydroxyl groups is 1. The summed E-state index contributed by atoms with van der Waals surface area (Å²) in [6.45, 7) is 6.99. The molecule has 1 amide bonds. The van der Waals surface area contributed by atoms with Gasteiger partial charge in [0.15, 0.2) is 5.96 Å². The molecule has 9 heteroatoms. The van der Waals surface area contributed by atoms with Crippen LogP contribution in [-0.4, -0.2) is 49.4 Å². The van der Waals surface area contributed by atoms with E-state index in [-0.39, 0.29) is 24.0 Å². The third-order valence-electron chi connectivity index (χ3n) is 3.77. The number of nitrogens with one attached hydrogen (secondary N) is 3. The predicted molar refractivity (Wildman–Crippen MR) is 130 cm³/mol. The first-order valence-corrected chi connectivity index (χ1v) is 10.2. The third kappa shape index (κ3) is 9.18. The number of alkyl carbamates (subject to hydrolysis) is 1. The van der Waals surface area contributed by atoms with Crippen LogP contribution in [0, 0.1) is 0 Å². The molecule has 0 fully saturated rings. The minimum atomic E-state index is -0.607. The SMILES string of the molecule is CN=C(NCCCNC(=O)OC(C)(C)C)NCC(O)c1cc2ccccc2s1.I. The summed E-state index contributed by atoms with van der Waals surface area (Å²) in [5.41, 5.74) is -0.496. The fraction of sp³-hybridized carbons (Fsp3) is 0.500. The number of carbonyl (C=O) groups is 1. The molecule has 29 heavy (non-hydrogen) atoms. The maximum atomic E-state index is 11.6. The highest BCUT2D eigenvalue weighted by molar-refractivity contribution is 14.0. The Morgan fingerprint density at radius 2 is 1.90 bits per heavy atom. The van der Waals surface area contributed by atoms with Crippen molar-refractivity contribution in [3.05, 3.63) is 35.2 Å². The van der Waals surface area contributed by atoms with Crippen molar-refractivity contribution in [1.29, 1.82) is 0 Å². The van der Waals surface area contributed by atoms with Gasteiger partial charge < -0.3 is 25.8 Å². The molecule has 7 nitrogen and oxygen atoms in total. The summed E-state index contributed by atoms with van der Waals surface area (Å²) in [5, 5.41) is 20.6. The molecule has 0 radical (unpaired) electrons. The average molecular weight is 534 g/mol. The van der Waals surface area contributed by atoms with Crippen molar-refractivity contribution in [2.45, 2.75) is 38.9 Å². The lowest BCUT2D eigenvalue weighted by molar-refractivity contribution is 0.0527. The van der Waals surface area contributed by atoms with Crippen LogP contribution in [0.5, 0.6) is 0 Å². The fourth-order valence-electron chi connectivity index (χ4n) is 2.48. The molecule has 0 saturated heterocycles. The van der Waals surface area contributed by atoms with Crippen LogP contribution in [-0.2, 0) is 4.74 Å². The van der Waals surface area contributed by atoms with Crippen LogP contribution in [0.3, 0.4) is 0 Å². The van der Waals surface area contributed by atoms with Crippen LogP contribution in [0.2, 0.25) is 0 Å². The number of rotatable bonds is 7. The van der Waals surface area contributed by atoms with E-state index in [0.717, 1.165) is 21.4 Å². The molecule has 0 bridgehead atoms. The van der Waals surface area contributed by atoms with Crippen LogP contribution in [0.4, 0.5) is 4.79 Å². The van der Waals surface area contributed by atoms with Gasteiger partial charge in [-0.2, -0.15) is 0 Å². The summed E-state index contributed by atoms with van der Waals surface area (Å²) in [6.07, 6.45) is -0.301. The van der Waals surface area contributed by atoms with Gasteiger partial charge >= 0.3 is 6.09 Å². The van der Waals surface area contributed by atoms with E-state index in [9.17, 15) is 9.90 Å².